The van der Waals surface area contributed by atoms with Crippen molar-refractivity contribution in [1.29, 1.82) is 5.41 Å². The molecule has 0 spiro atoms. The number of carbonyl (C=O) groups is 1. The third kappa shape index (κ3) is 4.38. The Kier molecular flexibility index (Phi) is 5.98. The summed E-state index contributed by atoms with van der Waals surface area (Å²) in [6.45, 7) is 0.0346. The first-order valence-electron chi connectivity index (χ1n) is 8.50. The number of halogens is 4. The van der Waals surface area contributed by atoms with Crippen molar-refractivity contribution in [3.05, 3.63) is 93.3 Å². The van der Waals surface area contributed by atoms with Gasteiger partial charge in [-0.15, -0.1) is 0 Å². The van der Waals surface area contributed by atoms with Gasteiger partial charge < -0.3 is 15.5 Å². The second-order valence-electron chi connectivity index (χ2n) is 6.32. The fourth-order valence-electron chi connectivity index (χ4n) is 2.90. The number of carboxylic acid groups (broad SMARTS) is 1. The highest BCUT2D eigenvalue weighted by Crippen LogP contribution is 2.28. The monoisotopic (exact) mass is 434 g/mol. The molecule has 0 aromatic heterocycles. The summed E-state index contributed by atoms with van der Waals surface area (Å²) in [5.74, 6) is -4.82. The van der Waals surface area contributed by atoms with Gasteiger partial charge in [-0.2, -0.15) is 0 Å². The number of anilines is 1. The summed E-state index contributed by atoms with van der Waals surface area (Å²) in [5, 5.41) is 30.1. The normalized spacial score (nSPS) is 10.7. The lowest BCUT2D eigenvalue weighted by atomic mass is 9.97. The van der Waals surface area contributed by atoms with Gasteiger partial charge in [0.25, 0.3) is 0 Å². The van der Waals surface area contributed by atoms with E-state index >= 15 is 0 Å². The van der Waals surface area contributed by atoms with E-state index in [0.29, 0.717) is 11.6 Å². The maximum Gasteiger partial charge on any atom is 0.339 e. The highest BCUT2D eigenvalue weighted by atomic mass is 35.5. The van der Waals surface area contributed by atoms with Crippen LogP contribution >= 0.6 is 11.6 Å². The molecule has 0 heterocycles. The van der Waals surface area contributed by atoms with Crippen molar-refractivity contribution in [2.75, 3.05) is 5.32 Å². The molecule has 0 saturated heterocycles. The highest BCUT2D eigenvalue weighted by molar-refractivity contribution is 6.30. The van der Waals surface area contributed by atoms with Crippen LogP contribution in [0.15, 0.2) is 48.5 Å². The van der Waals surface area contributed by atoms with Gasteiger partial charge in [-0.3, -0.25) is 5.41 Å². The lowest BCUT2D eigenvalue weighted by Gasteiger charge is -2.15. The molecule has 4 N–H and O–H groups in total. The molecule has 0 aliphatic rings. The van der Waals surface area contributed by atoms with Crippen LogP contribution in [-0.2, 0) is 6.54 Å². The number of hydrogen-bond donors (Lipinski definition) is 4. The Bertz CT molecular complexity index is 1150. The zero-order chi connectivity index (χ0) is 22.0. The number of rotatable bonds is 6. The zero-order valence-corrected chi connectivity index (χ0v) is 15.9. The van der Waals surface area contributed by atoms with Crippen LogP contribution in [0.25, 0.3) is 0 Å². The SMILES string of the molecule is N=C(c1cc(O)c(C(=O)O)cc1F)c1c(F)cccc1NCc1cc(F)cc(Cl)c1. The molecule has 0 aliphatic heterocycles. The fourth-order valence-corrected chi connectivity index (χ4v) is 3.14. The molecule has 0 saturated carbocycles. The van der Waals surface area contributed by atoms with E-state index in [1.54, 1.807) is 0 Å². The Morgan fingerprint density at radius 3 is 2.43 bits per heavy atom. The molecule has 0 amide bonds. The van der Waals surface area contributed by atoms with E-state index in [-0.39, 0.29) is 22.8 Å². The molecule has 3 rings (SSSR count). The Hall–Kier alpha value is -3.52. The zero-order valence-electron chi connectivity index (χ0n) is 15.1. The van der Waals surface area contributed by atoms with Gasteiger partial charge in [0.2, 0.25) is 0 Å². The molecule has 0 aliphatic carbocycles. The Morgan fingerprint density at radius 2 is 1.77 bits per heavy atom. The molecule has 3 aromatic carbocycles. The molecule has 30 heavy (non-hydrogen) atoms. The number of aromatic carboxylic acids is 1. The maximum absolute atomic E-state index is 14.5. The number of phenols is 1. The van der Waals surface area contributed by atoms with E-state index in [4.69, 9.17) is 22.1 Å². The van der Waals surface area contributed by atoms with Crippen molar-refractivity contribution in [1.82, 2.24) is 0 Å². The van der Waals surface area contributed by atoms with Crippen molar-refractivity contribution in [3.8, 4) is 5.75 Å². The van der Waals surface area contributed by atoms with Crippen LogP contribution in [0.2, 0.25) is 5.02 Å². The van der Waals surface area contributed by atoms with Crippen LogP contribution in [0, 0.1) is 22.9 Å². The first kappa shape index (κ1) is 21.2. The summed E-state index contributed by atoms with van der Waals surface area (Å²) in [6.07, 6.45) is 0. The van der Waals surface area contributed by atoms with Crippen molar-refractivity contribution in [2.24, 2.45) is 0 Å². The van der Waals surface area contributed by atoms with Crippen molar-refractivity contribution in [3.63, 3.8) is 0 Å². The van der Waals surface area contributed by atoms with E-state index in [1.807, 2.05) is 0 Å². The second kappa shape index (κ2) is 8.46. The highest BCUT2D eigenvalue weighted by Gasteiger charge is 2.22. The van der Waals surface area contributed by atoms with Crippen LogP contribution in [0.5, 0.6) is 5.75 Å². The first-order chi connectivity index (χ1) is 14.2. The number of aromatic hydroxyl groups is 1. The third-order valence-electron chi connectivity index (χ3n) is 4.25. The van der Waals surface area contributed by atoms with E-state index in [9.17, 15) is 23.1 Å². The predicted molar refractivity (Wildman–Crippen MR) is 106 cm³/mol. The molecule has 0 atom stereocenters. The summed E-state index contributed by atoms with van der Waals surface area (Å²) in [5.41, 5.74) is -1.52. The number of nitrogens with one attached hydrogen (secondary N) is 2. The van der Waals surface area contributed by atoms with Crippen LogP contribution in [-0.4, -0.2) is 21.9 Å². The lowest BCUT2D eigenvalue weighted by Crippen LogP contribution is -2.13. The largest absolute Gasteiger partial charge is 0.507 e. The molecule has 154 valence electrons. The van der Waals surface area contributed by atoms with Crippen LogP contribution in [0.1, 0.15) is 27.0 Å². The summed E-state index contributed by atoms with van der Waals surface area (Å²) < 4.78 is 42.5. The molecule has 3 aromatic rings. The van der Waals surface area contributed by atoms with Gasteiger partial charge in [0.1, 0.15) is 28.8 Å². The van der Waals surface area contributed by atoms with Gasteiger partial charge in [-0.05, 0) is 48.0 Å². The number of hydrogen-bond acceptors (Lipinski definition) is 4. The lowest BCUT2D eigenvalue weighted by molar-refractivity contribution is 0.0693. The average molecular weight is 435 g/mol. The molecule has 0 fully saturated rings. The van der Waals surface area contributed by atoms with Crippen molar-refractivity contribution in [2.45, 2.75) is 6.54 Å². The second-order valence-corrected chi connectivity index (χ2v) is 6.76. The molecular weight excluding hydrogens is 421 g/mol. The van der Waals surface area contributed by atoms with Gasteiger partial charge in [0, 0.05) is 22.8 Å². The summed E-state index contributed by atoms with van der Waals surface area (Å²) in [4.78, 5) is 11.0. The summed E-state index contributed by atoms with van der Waals surface area (Å²) in [7, 11) is 0. The van der Waals surface area contributed by atoms with Gasteiger partial charge >= 0.3 is 5.97 Å². The summed E-state index contributed by atoms with van der Waals surface area (Å²) >= 11 is 5.82. The fraction of sp³-hybridized carbons (Fsp3) is 0.0476. The minimum Gasteiger partial charge on any atom is -0.507 e. The molecule has 0 unspecified atom stereocenters. The summed E-state index contributed by atoms with van der Waals surface area (Å²) in [6, 6.07) is 9.05. The average Bonchev–Trinajstić information content (AvgIpc) is 2.66. The van der Waals surface area contributed by atoms with Crippen LogP contribution in [0.4, 0.5) is 18.9 Å². The third-order valence-corrected chi connectivity index (χ3v) is 4.47. The van der Waals surface area contributed by atoms with Crippen molar-refractivity contribution < 1.29 is 28.2 Å². The maximum atomic E-state index is 14.5. The van der Waals surface area contributed by atoms with Crippen molar-refractivity contribution >= 4 is 29.0 Å². The molecule has 9 heteroatoms. The van der Waals surface area contributed by atoms with E-state index in [0.717, 1.165) is 18.2 Å². The van der Waals surface area contributed by atoms with E-state index in [2.05, 4.69) is 5.32 Å². The number of benzene rings is 3. The predicted octanol–water partition coefficient (Wildman–Crippen LogP) is 5.19. The van der Waals surface area contributed by atoms with E-state index < -0.39 is 46.0 Å². The van der Waals surface area contributed by atoms with Gasteiger partial charge in [0.15, 0.2) is 0 Å². The quantitative estimate of drug-likeness (QED) is 0.402. The minimum absolute atomic E-state index is 0.0346. The number of carboxylic acids is 1. The molecule has 0 radical (unpaired) electrons. The topological polar surface area (TPSA) is 93.4 Å². The molecular formula is C21H14ClF3N2O3. The van der Waals surface area contributed by atoms with Crippen LogP contribution in [0.3, 0.4) is 0 Å². The first-order valence-corrected chi connectivity index (χ1v) is 8.87. The van der Waals surface area contributed by atoms with Crippen LogP contribution < -0.4 is 5.32 Å². The minimum atomic E-state index is -1.55. The Morgan fingerprint density at radius 1 is 1.03 bits per heavy atom. The van der Waals surface area contributed by atoms with Gasteiger partial charge in [-0.25, -0.2) is 18.0 Å². The molecule has 0 bridgehead atoms. The Labute approximate surface area is 173 Å². The molecule has 5 nitrogen and oxygen atoms in total. The smallest absolute Gasteiger partial charge is 0.339 e. The Balaban J connectivity index is 1.97. The van der Waals surface area contributed by atoms with Gasteiger partial charge in [-0.1, -0.05) is 17.7 Å². The standard InChI is InChI=1S/C21H14ClF3N2O3/c22-11-4-10(5-12(23)6-11)9-27-17-3-1-2-15(24)19(17)20(26)13-8-18(28)14(21(29)30)7-16(13)25/h1-8,26-28H,9H2,(H,29,30). The van der Waals surface area contributed by atoms with E-state index in [1.165, 1.54) is 24.3 Å². The van der Waals surface area contributed by atoms with Gasteiger partial charge in [0.05, 0.1) is 11.3 Å².